The van der Waals surface area contributed by atoms with Crippen molar-refractivity contribution in [3.63, 3.8) is 0 Å². The van der Waals surface area contributed by atoms with Gasteiger partial charge in [0.05, 0.1) is 9.82 Å². The molecule has 2 N–H and O–H groups in total. The van der Waals surface area contributed by atoms with Gasteiger partial charge in [0.25, 0.3) is 5.69 Å². The quantitative estimate of drug-likeness (QED) is 0.152. The van der Waals surface area contributed by atoms with Crippen molar-refractivity contribution in [3.05, 3.63) is 64.2 Å². The number of carbonyl (C=O) groups excluding carboxylic acids is 1. The van der Waals surface area contributed by atoms with Crippen LogP contribution in [0.4, 0.5) is 5.69 Å². The highest BCUT2D eigenvalue weighted by molar-refractivity contribution is 7.89. The number of nitrogens with one attached hydrogen (secondary N) is 1. The lowest BCUT2D eigenvalue weighted by molar-refractivity contribution is -0.384. The van der Waals surface area contributed by atoms with E-state index >= 15 is 0 Å². The van der Waals surface area contributed by atoms with Gasteiger partial charge in [-0.25, -0.2) is 8.42 Å². The van der Waals surface area contributed by atoms with Crippen molar-refractivity contribution in [1.29, 1.82) is 0 Å². The zero-order valence-electron chi connectivity index (χ0n) is 21.6. The van der Waals surface area contributed by atoms with Crippen molar-refractivity contribution in [2.75, 3.05) is 19.9 Å². The molecule has 1 amide bonds. The van der Waals surface area contributed by atoms with E-state index in [9.17, 15) is 33.2 Å². The Morgan fingerprint density at radius 1 is 1.13 bits per heavy atom. The molecule has 0 saturated heterocycles. The highest BCUT2D eigenvalue weighted by Gasteiger charge is 2.36. The van der Waals surface area contributed by atoms with E-state index in [2.05, 4.69) is 5.32 Å². The number of aliphatic carboxylic acids is 1. The molecule has 2 aromatic carbocycles. The first kappa shape index (κ1) is 29.6. The number of unbranched alkanes of at least 4 members (excludes halogenated alkanes) is 1. The average Bonchev–Trinajstić information content (AvgIpc) is 3.36. The van der Waals surface area contributed by atoms with Crippen molar-refractivity contribution in [1.82, 2.24) is 9.62 Å². The summed E-state index contributed by atoms with van der Waals surface area (Å²) in [6, 6.07) is 8.30. The predicted molar refractivity (Wildman–Crippen MR) is 142 cm³/mol. The minimum absolute atomic E-state index is 0.0250. The zero-order chi connectivity index (χ0) is 28.6. The van der Waals surface area contributed by atoms with Crippen LogP contribution in [0, 0.1) is 16.0 Å². The molecular formula is C26H31N3O9S. The maximum absolute atomic E-state index is 13.3. The lowest BCUT2D eigenvalue weighted by Gasteiger charge is -2.29. The number of fused-ring (bicyclic) bond motifs is 1. The topological polar surface area (TPSA) is 165 Å². The van der Waals surface area contributed by atoms with Gasteiger partial charge in [-0.2, -0.15) is 4.31 Å². The van der Waals surface area contributed by atoms with Gasteiger partial charge in [0.1, 0.15) is 6.04 Å². The maximum Gasteiger partial charge on any atom is 0.322 e. The van der Waals surface area contributed by atoms with E-state index in [1.165, 1.54) is 6.08 Å². The van der Waals surface area contributed by atoms with Crippen LogP contribution < -0.4 is 14.8 Å². The molecule has 0 spiro atoms. The van der Waals surface area contributed by atoms with Crippen LogP contribution in [0.2, 0.25) is 0 Å². The fourth-order valence-electron chi connectivity index (χ4n) is 3.94. The Balaban J connectivity index is 1.57. The van der Waals surface area contributed by atoms with E-state index < -0.39 is 27.0 Å². The molecule has 2 aromatic rings. The van der Waals surface area contributed by atoms with Gasteiger partial charge in [0.2, 0.25) is 22.7 Å². The molecule has 0 radical (unpaired) electrons. The molecule has 1 atom stereocenters. The van der Waals surface area contributed by atoms with Crippen LogP contribution in [-0.4, -0.2) is 60.6 Å². The maximum atomic E-state index is 13.3. The van der Waals surface area contributed by atoms with Crippen molar-refractivity contribution >= 4 is 33.7 Å². The Kier molecular flexibility index (Phi) is 10.0. The van der Waals surface area contributed by atoms with E-state index in [1.807, 2.05) is 0 Å². The van der Waals surface area contributed by atoms with E-state index in [0.29, 0.717) is 24.3 Å². The number of amides is 1. The van der Waals surface area contributed by atoms with Gasteiger partial charge in [-0.05, 0) is 61.1 Å². The molecule has 0 unspecified atom stereocenters. The summed E-state index contributed by atoms with van der Waals surface area (Å²) in [6.07, 6.45) is 3.80. The normalized spacial score (nSPS) is 13.6. The van der Waals surface area contributed by atoms with Gasteiger partial charge in [0, 0.05) is 31.3 Å². The molecule has 0 aliphatic carbocycles. The first-order chi connectivity index (χ1) is 18.5. The number of carboxylic acids is 1. The molecule has 0 bridgehead atoms. The first-order valence-electron chi connectivity index (χ1n) is 12.3. The fourth-order valence-corrected chi connectivity index (χ4v) is 5.72. The predicted octanol–water partition coefficient (Wildman–Crippen LogP) is 3.42. The second-order valence-corrected chi connectivity index (χ2v) is 11.2. The highest BCUT2D eigenvalue weighted by atomic mass is 32.2. The Hall–Kier alpha value is -3.97. The summed E-state index contributed by atoms with van der Waals surface area (Å²) in [5.74, 6) is -0.548. The number of rotatable bonds is 14. The number of carboxylic acid groups (broad SMARTS) is 1. The lowest BCUT2D eigenvalue weighted by Crippen LogP contribution is -2.46. The summed E-state index contributed by atoms with van der Waals surface area (Å²) in [5, 5.41) is 23.5. The van der Waals surface area contributed by atoms with Crippen LogP contribution in [0.3, 0.4) is 0 Å². The van der Waals surface area contributed by atoms with Crippen molar-refractivity contribution in [2.24, 2.45) is 5.92 Å². The summed E-state index contributed by atoms with van der Waals surface area (Å²) in [5.41, 5.74) is 0.491. The third-order valence-electron chi connectivity index (χ3n) is 5.86. The molecule has 0 aromatic heterocycles. The second kappa shape index (κ2) is 13.2. The van der Waals surface area contributed by atoms with Gasteiger partial charge < -0.3 is 19.9 Å². The van der Waals surface area contributed by atoms with Crippen molar-refractivity contribution in [2.45, 2.75) is 44.0 Å². The summed E-state index contributed by atoms with van der Waals surface area (Å²) in [6.45, 7) is 3.92. The molecule has 1 aliphatic heterocycles. The molecule has 13 heteroatoms. The number of benzene rings is 2. The molecule has 0 saturated carbocycles. The Bertz CT molecular complexity index is 1320. The monoisotopic (exact) mass is 561 g/mol. The van der Waals surface area contributed by atoms with Gasteiger partial charge in [0.15, 0.2) is 11.5 Å². The van der Waals surface area contributed by atoms with Gasteiger partial charge in [-0.1, -0.05) is 19.9 Å². The Morgan fingerprint density at radius 2 is 1.82 bits per heavy atom. The van der Waals surface area contributed by atoms with E-state index in [-0.39, 0.29) is 48.7 Å². The molecule has 12 nitrogen and oxygen atoms in total. The zero-order valence-corrected chi connectivity index (χ0v) is 22.4. The van der Waals surface area contributed by atoms with Crippen molar-refractivity contribution in [3.8, 4) is 11.5 Å². The van der Waals surface area contributed by atoms with Gasteiger partial charge >= 0.3 is 5.97 Å². The van der Waals surface area contributed by atoms with Crippen molar-refractivity contribution < 1.29 is 37.5 Å². The van der Waals surface area contributed by atoms with Gasteiger partial charge in [-0.15, -0.1) is 0 Å². The van der Waals surface area contributed by atoms with Crippen LogP contribution in [0.25, 0.3) is 6.08 Å². The number of nitrogens with zero attached hydrogens (tertiary/aromatic N) is 2. The molecule has 1 heterocycles. The highest BCUT2D eigenvalue weighted by Crippen LogP contribution is 2.32. The number of carbonyl (C=O) groups is 2. The number of ether oxygens (including phenoxy) is 2. The van der Waals surface area contributed by atoms with Crippen LogP contribution in [0.5, 0.6) is 11.5 Å². The first-order valence-corrected chi connectivity index (χ1v) is 13.8. The Labute approximate surface area is 226 Å². The number of nitro benzene ring substituents is 1. The largest absolute Gasteiger partial charge is 0.480 e. The molecule has 3 rings (SSSR count). The summed E-state index contributed by atoms with van der Waals surface area (Å²) < 4.78 is 38.2. The van der Waals surface area contributed by atoms with E-state index in [1.54, 1.807) is 38.1 Å². The number of hydrogen-bond donors (Lipinski definition) is 2. The molecule has 210 valence electrons. The number of non-ortho nitro benzene ring substituents is 1. The van der Waals surface area contributed by atoms with Crippen LogP contribution in [-0.2, 0) is 19.6 Å². The van der Waals surface area contributed by atoms with Crippen LogP contribution >= 0.6 is 0 Å². The Morgan fingerprint density at radius 3 is 2.46 bits per heavy atom. The second-order valence-electron chi connectivity index (χ2n) is 9.31. The third kappa shape index (κ3) is 8.01. The number of nitro groups is 1. The van der Waals surface area contributed by atoms with E-state index in [4.69, 9.17) is 9.47 Å². The molecule has 0 fully saturated rings. The summed E-state index contributed by atoms with van der Waals surface area (Å²) in [7, 11) is -4.24. The number of hydrogen-bond acceptors (Lipinski definition) is 8. The minimum atomic E-state index is -4.24. The lowest BCUT2D eigenvalue weighted by atomic mass is 10.1. The average molecular weight is 562 g/mol. The van der Waals surface area contributed by atoms with Crippen LogP contribution in [0.1, 0.15) is 38.7 Å². The molecule has 39 heavy (non-hydrogen) atoms. The molecule has 1 aliphatic rings. The number of sulfonamides is 1. The van der Waals surface area contributed by atoms with Crippen LogP contribution in [0.15, 0.2) is 53.4 Å². The third-order valence-corrected chi connectivity index (χ3v) is 7.75. The molecular weight excluding hydrogens is 530 g/mol. The smallest absolute Gasteiger partial charge is 0.322 e. The summed E-state index contributed by atoms with van der Waals surface area (Å²) in [4.78, 5) is 34.3. The van der Waals surface area contributed by atoms with Gasteiger partial charge in [-0.3, -0.25) is 19.7 Å². The standard InChI is InChI=1S/C26H31N3O9S/c1-18(2)16-28(39(35,36)21-10-8-20(9-11-21)29(33)34)22(26(31)32)5-3-4-14-27-25(30)13-7-19-6-12-23-24(15-19)38-17-37-23/h6-13,15,18,22H,3-5,14,16-17H2,1-2H3,(H,27,30)(H,31,32)/t22-/m0/s1. The minimum Gasteiger partial charge on any atom is -0.480 e. The SMILES string of the molecule is CC(C)CN([C@@H](CCCCNC(=O)C=Cc1ccc2c(c1)OCO2)C(=O)O)S(=O)(=O)c1ccc([N+](=O)[O-])cc1. The summed E-state index contributed by atoms with van der Waals surface area (Å²) >= 11 is 0. The van der Waals surface area contributed by atoms with E-state index in [0.717, 1.165) is 34.1 Å². The fraction of sp³-hybridized carbons (Fsp3) is 0.385.